The second kappa shape index (κ2) is 11.8. The summed E-state index contributed by atoms with van der Waals surface area (Å²) in [7, 11) is 0. The molecule has 0 aromatic carbocycles. The third kappa shape index (κ3) is 12.4. The normalized spacial score (nSPS) is 13.2. The summed E-state index contributed by atoms with van der Waals surface area (Å²) in [6.07, 6.45) is 1.25. The van der Waals surface area contributed by atoms with Crippen LogP contribution in [0.1, 0.15) is 39.5 Å². The zero-order valence-corrected chi connectivity index (χ0v) is 12.9. The zero-order chi connectivity index (χ0) is 13.1. The third-order valence-corrected chi connectivity index (χ3v) is 2.81. The average molecular weight is 360 g/mol. The fourth-order valence-electron chi connectivity index (χ4n) is 0.783. The first kappa shape index (κ1) is 18.7. The number of aliphatic hydroxyl groups is 2. The van der Waals surface area contributed by atoms with Crippen molar-refractivity contribution in [3.63, 3.8) is 0 Å². The Morgan fingerprint density at radius 1 is 0.938 bits per heavy atom. The molecule has 4 nitrogen and oxygen atoms in total. The molecule has 0 heterocycles. The molecular weight excluding hydrogens is 342 g/mol. The van der Waals surface area contributed by atoms with Crippen LogP contribution in [0.5, 0.6) is 0 Å². The van der Waals surface area contributed by atoms with Crippen molar-refractivity contribution in [1.82, 2.24) is 0 Å². The Morgan fingerprint density at radius 2 is 1.19 bits per heavy atom. The Labute approximate surface area is 113 Å². The van der Waals surface area contributed by atoms with Gasteiger partial charge in [-0.25, -0.2) is 0 Å². The van der Waals surface area contributed by atoms with Gasteiger partial charge in [0.2, 0.25) is 0 Å². The van der Waals surface area contributed by atoms with Crippen LogP contribution in [0.2, 0.25) is 0 Å². The van der Waals surface area contributed by atoms with Crippen molar-refractivity contribution in [3.8, 4) is 0 Å². The Kier molecular flexibility index (Phi) is 13.7. The van der Waals surface area contributed by atoms with Gasteiger partial charge in [-0.05, 0) is 0 Å². The van der Waals surface area contributed by atoms with Crippen molar-refractivity contribution in [2.24, 2.45) is 0 Å². The molecular formula is C10H18O4Se2. The van der Waals surface area contributed by atoms with Crippen LogP contribution in [0, 0.1) is 0 Å². The van der Waals surface area contributed by atoms with E-state index < -0.39 is 12.2 Å². The molecule has 2 N–H and O–H groups in total. The van der Waals surface area contributed by atoms with Gasteiger partial charge < -0.3 is 0 Å². The molecule has 0 unspecified atom stereocenters. The van der Waals surface area contributed by atoms with Crippen LogP contribution in [0.25, 0.3) is 0 Å². The standard InChI is InChI=1S/2C5H9O2Se/c2*1-2-3-4(6)5(7)8/h2*4,6H,2-3H2,1H3/t2*4-/m00/s1. The van der Waals surface area contributed by atoms with Crippen molar-refractivity contribution in [2.45, 2.75) is 51.7 Å². The van der Waals surface area contributed by atoms with E-state index in [9.17, 15) is 9.59 Å². The fourth-order valence-corrected chi connectivity index (χ4v) is 1.28. The number of rotatable bonds is 6. The molecule has 0 aliphatic carbocycles. The number of carbonyl (C=O) groups is 2. The van der Waals surface area contributed by atoms with Crippen LogP contribution < -0.4 is 0 Å². The van der Waals surface area contributed by atoms with Gasteiger partial charge in [0.05, 0.1) is 0 Å². The zero-order valence-electron chi connectivity index (χ0n) is 9.51. The monoisotopic (exact) mass is 362 g/mol. The summed E-state index contributed by atoms with van der Waals surface area (Å²) in [6.45, 7) is 3.85. The Bertz CT molecular complexity index is 187. The van der Waals surface area contributed by atoms with E-state index in [2.05, 4.69) is 32.0 Å². The minimum absolute atomic E-state index is 0.258. The summed E-state index contributed by atoms with van der Waals surface area (Å²) in [5.74, 6) is 0. The van der Waals surface area contributed by atoms with Gasteiger partial charge in [-0.2, -0.15) is 0 Å². The molecule has 0 fully saturated rings. The Morgan fingerprint density at radius 3 is 1.25 bits per heavy atom. The van der Waals surface area contributed by atoms with E-state index in [1.54, 1.807) is 0 Å². The Balaban J connectivity index is 0. The molecule has 2 atom stereocenters. The van der Waals surface area contributed by atoms with E-state index in [1.807, 2.05) is 13.8 Å². The number of carbonyl (C=O) groups excluding carboxylic acids is 2. The molecule has 6 heteroatoms. The minimum atomic E-state index is -0.778. The average Bonchev–Trinajstić information content (AvgIpc) is 2.19. The summed E-state index contributed by atoms with van der Waals surface area (Å²) in [5.41, 5.74) is 0. The van der Waals surface area contributed by atoms with Crippen LogP contribution in [-0.4, -0.2) is 63.8 Å². The van der Waals surface area contributed by atoms with Crippen LogP contribution in [0.3, 0.4) is 0 Å². The number of hydrogen-bond donors (Lipinski definition) is 2. The quantitative estimate of drug-likeness (QED) is 0.637. The van der Waals surface area contributed by atoms with Gasteiger partial charge in [0.25, 0.3) is 0 Å². The van der Waals surface area contributed by atoms with Crippen molar-refractivity contribution in [2.75, 3.05) is 0 Å². The predicted octanol–water partition coefficient (Wildman–Crippen LogP) is -0.315. The molecule has 0 saturated carbocycles. The van der Waals surface area contributed by atoms with Gasteiger partial charge in [0.1, 0.15) is 0 Å². The van der Waals surface area contributed by atoms with E-state index in [1.165, 1.54) is 0 Å². The topological polar surface area (TPSA) is 74.6 Å². The van der Waals surface area contributed by atoms with Crippen LogP contribution >= 0.6 is 0 Å². The molecule has 0 spiro atoms. The first-order valence-electron chi connectivity index (χ1n) is 5.14. The molecule has 16 heavy (non-hydrogen) atoms. The van der Waals surface area contributed by atoms with Crippen molar-refractivity contribution < 1.29 is 19.8 Å². The van der Waals surface area contributed by atoms with Gasteiger partial charge in [0, 0.05) is 0 Å². The van der Waals surface area contributed by atoms with E-state index in [-0.39, 0.29) is 9.36 Å². The summed E-state index contributed by atoms with van der Waals surface area (Å²) >= 11 is 4.47. The van der Waals surface area contributed by atoms with Gasteiger partial charge in [0.15, 0.2) is 0 Å². The first-order chi connectivity index (χ1) is 7.36. The maximum atomic E-state index is 10.2. The molecule has 94 valence electrons. The van der Waals surface area contributed by atoms with Gasteiger partial charge >= 0.3 is 113 Å². The molecule has 0 saturated heterocycles. The van der Waals surface area contributed by atoms with Crippen molar-refractivity contribution in [3.05, 3.63) is 0 Å². The molecule has 0 amide bonds. The van der Waals surface area contributed by atoms with Gasteiger partial charge in [-0.1, -0.05) is 0 Å². The molecule has 0 aromatic rings. The van der Waals surface area contributed by atoms with E-state index >= 15 is 0 Å². The van der Waals surface area contributed by atoms with E-state index in [0.717, 1.165) is 12.8 Å². The predicted molar refractivity (Wildman–Crippen MR) is 63.4 cm³/mol. The summed E-state index contributed by atoms with van der Waals surface area (Å²) in [4.78, 5) is 20.5. The third-order valence-electron chi connectivity index (χ3n) is 1.67. The van der Waals surface area contributed by atoms with Crippen LogP contribution in [-0.2, 0) is 9.59 Å². The molecule has 2 radical (unpaired) electrons. The van der Waals surface area contributed by atoms with Crippen LogP contribution in [0.4, 0.5) is 0 Å². The molecule has 0 bridgehead atoms. The maximum absolute atomic E-state index is 10.2. The number of aliphatic hydroxyl groups excluding tert-OH is 2. The summed E-state index contributed by atoms with van der Waals surface area (Å²) in [5, 5.41) is 17.5. The second-order valence-electron chi connectivity index (χ2n) is 3.25. The Hall–Kier alpha value is 0.299. The fraction of sp³-hybridized carbons (Fsp3) is 0.800. The molecule has 0 aromatic heterocycles. The second-order valence-corrected chi connectivity index (χ2v) is 4.94. The molecule has 0 rings (SSSR count). The summed E-state index contributed by atoms with van der Waals surface area (Å²) in [6, 6.07) is 0. The van der Waals surface area contributed by atoms with Crippen molar-refractivity contribution in [1.29, 1.82) is 0 Å². The van der Waals surface area contributed by atoms with Gasteiger partial charge in [-0.3, -0.25) is 0 Å². The number of hydrogen-bond acceptors (Lipinski definition) is 4. The van der Waals surface area contributed by atoms with Crippen molar-refractivity contribution >= 4 is 41.4 Å². The SMILES string of the molecule is CCC[C@H](O)C(=O)[Se].CCC[C@H](O)C(=O)[Se]. The first-order valence-corrected chi connectivity index (χ1v) is 6.85. The van der Waals surface area contributed by atoms with E-state index in [4.69, 9.17) is 10.2 Å². The molecule has 0 aliphatic heterocycles. The van der Waals surface area contributed by atoms with Gasteiger partial charge in [-0.15, -0.1) is 0 Å². The van der Waals surface area contributed by atoms with Crippen LogP contribution in [0.15, 0.2) is 0 Å². The molecule has 0 aliphatic rings. The van der Waals surface area contributed by atoms with E-state index in [0.29, 0.717) is 12.8 Å². The summed E-state index contributed by atoms with van der Waals surface area (Å²) < 4.78 is -0.515.